The summed E-state index contributed by atoms with van der Waals surface area (Å²) in [5.74, 6) is 0.474. The summed E-state index contributed by atoms with van der Waals surface area (Å²) in [6.45, 7) is 3.27. The van der Waals surface area contributed by atoms with E-state index in [1.54, 1.807) is 56.6 Å². The summed E-state index contributed by atoms with van der Waals surface area (Å²) in [5.41, 5.74) is 1.58. The van der Waals surface area contributed by atoms with Crippen LogP contribution >= 0.6 is 24.0 Å². The van der Waals surface area contributed by atoms with E-state index in [4.69, 9.17) is 0 Å². The molecule has 9 heteroatoms. The highest BCUT2D eigenvalue weighted by atomic mass is 127. The van der Waals surface area contributed by atoms with Crippen LogP contribution in [-0.4, -0.2) is 58.1 Å². The summed E-state index contributed by atoms with van der Waals surface area (Å²) in [4.78, 5) is 18.3. The number of rotatable bonds is 8. The van der Waals surface area contributed by atoms with Crippen LogP contribution in [0, 0.1) is 0 Å². The van der Waals surface area contributed by atoms with E-state index in [1.807, 2.05) is 19.1 Å². The molecular formula is C21H29IN4O3S. The summed E-state index contributed by atoms with van der Waals surface area (Å²) in [6, 6.07) is 15.7. The second-order valence-electron chi connectivity index (χ2n) is 6.65. The standard InChI is InChI=1S/C21H28N4O3S.HI/c1-4-22-21(23-14-15-29(27,28)19-8-6-5-7-9-19)24-16-17-10-12-18(13-11-17)20(26)25(2)3;/h5-13H,4,14-16H2,1-3H3,(H2,22,23,24);1H. The normalized spacial score (nSPS) is 11.4. The monoisotopic (exact) mass is 544 g/mol. The minimum Gasteiger partial charge on any atom is -0.357 e. The summed E-state index contributed by atoms with van der Waals surface area (Å²) >= 11 is 0. The molecule has 0 aromatic heterocycles. The molecule has 2 rings (SSSR count). The zero-order chi connectivity index (χ0) is 21.3. The van der Waals surface area contributed by atoms with E-state index in [-0.39, 0.29) is 42.2 Å². The van der Waals surface area contributed by atoms with E-state index < -0.39 is 9.84 Å². The van der Waals surface area contributed by atoms with E-state index in [9.17, 15) is 13.2 Å². The predicted octanol–water partition coefficient (Wildman–Crippen LogP) is 2.54. The second-order valence-corrected chi connectivity index (χ2v) is 8.76. The van der Waals surface area contributed by atoms with Gasteiger partial charge in [-0.3, -0.25) is 4.79 Å². The number of guanidine groups is 1. The van der Waals surface area contributed by atoms with Gasteiger partial charge in [-0.25, -0.2) is 13.4 Å². The van der Waals surface area contributed by atoms with Gasteiger partial charge in [-0.05, 0) is 36.8 Å². The molecule has 0 bridgehead atoms. The molecule has 0 atom stereocenters. The van der Waals surface area contributed by atoms with Gasteiger partial charge < -0.3 is 15.5 Å². The van der Waals surface area contributed by atoms with Crippen molar-refractivity contribution >= 4 is 45.7 Å². The fraction of sp³-hybridized carbons (Fsp3) is 0.333. The molecule has 164 valence electrons. The van der Waals surface area contributed by atoms with Crippen molar-refractivity contribution in [2.24, 2.45) is 4.99 Å². The number of nitrogens with zero attached hydrogens (tertiary/aromatic N) is 2. The van der Waals surface area contributed by atoms with Gasteiger partial charge in [0, 0.05) is 32.7 Å². The number of carbonyl (C=O) groups excluding carboxylic acids is 1. The maximum atomic E-state index is 12.4. The number of nitrogens with one attached hydrogen (secondary N) is 2. The van der Waals surface area contributed by atoms with Gasteiger partial charge in [0.25, 0.3) is 5.91 Å². The minimum absolute atomic E-state index is 0. The Labute approximate surface area is 195 Å². The lowest BCUT2D eigenvalue weighted by atomic mass is 10.1. The lowest BCUT2D eigenvalue weighted by Crippen LogP contribution is -2.39. The molecule has 0 aliphatic rings. The molecule has 0 saturated heterocycles. The lowest BCUT2D eigenvalue weighted by molar-refractivity contribution is 0.0827. The maximum Gasteiger partial charge on any atom is 0.253 e. The molecule has 0 spiro atoms. The highest BCUT2D eigenvalue weighted by Gasteiger charge is 2.13. The Morgan fingerprint density at radius 3 is 2.20 bits per heavy atom. The summed E-state index contributed by atoms with van der Waals surface area (Å²) < 4.78 is 24.7. The highest BCUT2D eigenvalue weighted by Crippen LogP contribution is 2.09. The molecular weight excluding hydrogens is 515 g/mol. The van der Waals surface area contributed by atoms with Gasteiger partial charge in [-0.15, -0.1) is 24.0 Å². The zero-order valence-electron chi connectivity index (χ0n) is 17.5. The van der Waals surface area contributed by atoms with Gasteiger partial charge in [0.1, 0.15) is 0 Å². The Bertz CT molecular complexity index is 930. The van der Waals surface area contributed by atoms with E-state index in [1.165, 1.54) is 4.90 Å². The molecule has 30 heavy (non-hydrogen) atoms. The zero-order valence-corrected chi connectivity index (χ0v) is 20.6. The van der Waals surface area contributed by atoms with Crippen LogP contribution in [0.5, 0.6) is 0 Å². The van der Waals surface area contributed by atoms with E-state index in [2.05, 4.69) is 15.6 Å². The summed E-state index contributed by atoms with van der Waals surface area (Å²) in [7, 11) is 0.0912. The van der Waals surface area contributed by atoms with Crippen LogP contribution in [0.3, 0.4) is 0 Å². The second kappa shape index (κ2) is 12.5. The first-order valence-corrected chi connectivity index (χ1v) is 11.1. The van der Waals surface area contributed by atoms with E-state index >= 15 is 0 Å². The van der Waals surface area contributed by atoms with Crippen molar-refractivity contribution < 1.29 is 13.2 Å². The van der Waals surface area contributed by atoms with Gasteiger partial charge in [0.2, 0.25) is 0 Å². The quantitative estimate of drug-likeness (QED) is 0.303. The average Bonchev–Trinajstić information content (AvgIpc) is 2.72. The van der Waals surface area contributed by atoms with E-state index in [0.717, 1.165) is 5.56 Å². The fourth-order valence-corrected chi connectivity index (χ4v) is 3.75. The fourth-order valence-electron chi connectivity index (χ4n) is 2.57. The molecule has 2 aromatic rings. The van der Waals surface area contributed by atoms with Gasteiger partial charge in [0.15, 0.2) is 15.8 Å². The Balaban J connectivity index is 0.00000450. The lowest BCUT2D eigenvalue weighted by Gasteiger charge is -2.12. The summed E-state index contributed by atoms with van der Waals surface area (Å²) in [5, 5.41) is 6.17. The first kappa shape index (κ1) is 25.9. The van der Waals surface area contributed by atoms with Gasteiger partial charge >= 0.3 is 0 Å². The molecule has 7 nitrogen and oxygen atoms in total. The van der Waals surface area contributed by atoms with Crippen LogP contribution in [0.4, 0.5) is 0 Å². The maximum absolute atomic E-state index is 12.4. The largest absolute Gasteiger partial charge is 0.357 e. The van der Waals surface area contributed by atoms with Gasteiger partial charge in [-0.2, -0.15) is 0 Å². The molecule has 0 fully saturated rings. The topological polar surface area (TPSA) is 90.9 Å². The van der Waals surface area contributed by atoms with Crippen molar-refractivity contribution in [1.29, 1.82) is 0 Å². The molecule has 0 aliphatic carbocycles. The number of aliphatic imine (C=N–C) groups is 1. The van der Waals surface area contributed by atoms with Crippen LogP contribution in [0.2, 0.25) is 0 Å². The van der Waals surface area contributed by atoms with Crippen LogP contribution < -0.4 is 10.6 Å². The van der Waals surface area contributed by atoms with Crippen molar-refractivity contribution in [3.05, 3.63) is 65.7 Å². The number of amides is 1. The number of hydrogen-bond donors (Lipinski definition) is 2. The third-order valence-electron chi connectivity index (χ3n) is 4.14. The number of sulfone groups is 1. The molecule has 0 saturated carbocycles. The highest BCUT2D eigenvalue weighted by molar-refractivity contribution is 14.0. The van der Waals surface area contributed by atoms with Crippen molar-refractivity contribution in [2.45, 2.75) is 18.4 Å². The molecule has 2 aromatic carbocycles. The number of carbonyl (C=O) groups is 1. The molecule has 0 unspecified atom stereocenters. The van der Waals surface area contributed by atoms with Gasteiger partial charge in [-0.1, -0.05) is 30.3 Å². The summed E-state index contributed by atoms with van der Waals surface area (Å²) in [6.07, 6.45) is 0. The average molecular weight is 544 g/mol. The third-order valence-corrected chi connectivity index (χ3v) is 5.87. The molecule has 0 aliphatic heterocycles. The van der Waals surface area contributed by atoms with Crippen LogP contribution in [0.1, 0.15) is 22.8 Å². The van der Waals surface area contributed by atoms with Crippen LogP contribution in [0.15, 0.2) is 64.5 Å². The minimum atomic E-state index is -3.34. The molecule has 0 radical (unpaired) electrons. The molecule has 2 N–H and O–H groups in total. The first-order chi connectivity index (χ1) is 13.8. The SMILES string of the molecule is CCNC(=NCc1ccc(C(=O)N(C)C)cc1)NCCS(=O)(=O)c1ccccc1.I. The Kier molecular flexibility index (Phi) is 10.8. The van der Waals surface area contributed by atoms with Crippen molar-refractivity contribution in [3.8, 4) is 0 Å². The number of halogens is 1. The predicted molar refractivity (Wildman–Crippen MR) is 131 cm³/mol. The van der Waals surface area contributed by atoms with Gasteiger partial charge in [0.05, 0.1) is 17.2 Å². The Morgan fingerprint density at radius 2 is 1.63 bits per heavy atom. The molecule has 1 amide bonds. The van der Waals surface area contributed by atoms with Crippen LogP contribution in [0.25, 0.3) is 0 Å². The van der Waals surface area contributed by atoms with E-state index in [0.29, 0.717) is 29.5 Å². The van der Waals surface area contributed by atoms with Crippen molar-refractivity contribution in [2.75, 3.05) is 32.9 Å². The Morgan fingerprint density at radius 1 is 1.00 bits per heavy atom. The first-order valence-electron chi connectivity index (χ1n) is 9.44. The molecule has 0 heterocycles. The Hall–Kier alpha value is -2.14. The number of hydrogen-bond acceptors (Lipinski definition) is 4. The third kappa shape index (κ3) is 7.94. The van der Waals surface area contributed by atoms with Crippen molar-refractivity contribution in [3.63, 3.8) is 0 Å². The van der Waals surface area contributed by atoms with Crippen LogP contribution in [-0.2, 0) is 16.4 Å². The smallest absolute Gasteiger partial charge is 0.253 e. The van der Waals surface area contributed by atoms with Crippen molar-refractivity contribution in [1.82, 2.24) is 15.5 Å². The number of benzene rings is 2.